The molecule has 0 saturated carbocycles. The molecule has 0 spiro atoms. The second-order valence-corrected chi connectivity index (χ2v) is 4.95. The van der Waals surface area contributed by atoms with E-state index in [2.05, 4.69) is 10.5 Å². The van der Waals surface area contributed by atoms with Crippen molar-refractivity contribution in [3.63, 3.8) is 0 Å². The van der Waals surface area contributed by atoms with Crippen LogP contribution in [0.4, 0.5) is 0 Å². The summed E-state index contributed by atoms with van der Waals surface area (Å²) >= 11 is 0. The van der Waals surface area contributed by atoms with Gasteiger partial charge in [-0.2, -0.15) is 5.10 Å². The van der Waals surface area contributed by atoms with Crippen LogP contribution in [0, 0.1) is 6.92 Å². The van der Waals surface area contributed by atoms with Gasteiger partial charge in [-0.25, -0.2) is 5.43 Å². The van der Waals surface area contributed by atoms with Gasteiger partial charge in [-0.1, -0.05) is 36.8 Å². The zero-order valence-electron chi connectivity index (χ0n) is 13.1. The van der Waals surface area contributed by atoms with Crippen molar-refractivity contribution in [3.8, 4) is 5.75 Å². The molecule has 0 bridgehead atoms. The molecule has 0 aliphatic heterocycles. The number of hydrazone groups is 1. The molecule has 0 atom stereocenters. The van der Waals surface area contributed by atoms with Crippen LogP contribution in [0.5, 0.6) is 5.75 Å². The second-order valence-electron chi connectivity index (χ2n) is 4.95. The molecule has 2 aromatic rings. The van der Waals surface area contributed by atoms with E-state index in [0.717, 1.165) is 17.7 Å². The van der Waals surface area contributed by atoms with E-state index < -0.39 is 0 Å². The van der Waals surface area contributed by atoms with E-state index in [4.69, 9.17) is 4.74 Å². The van der Waals surface area contributed by atoms with Crippen molar-refractivity contribution in [2.45, 2.75) is 20.3 Å². The molecule has 4 heteroatoms. The molecule has 2 rings (SSSR count). The van der Waals surface area contributed by atoms with Gasteiger partial charge in [-0.3, -0.25) is 4.79 Å². The van der Waals surface area contributed by atoms with Gasteiger partial charge in [-0.15, -0.1) is 0 Å². The number of nitrogens with one attached hydrogen (secondary N) is 1. The van der Waals surface area contributed by atoms with Gasteiger partial charge in [0.05, 0.1) is 12.8 Å². The maximum absolute atomic E-state index is 12.1. The topological polar surface area (TPSA) is 50.7 Å². The number of hydrogen-bond donors (Lipinski definition) is 1. The third kappa shape index (κ3) is 3.95. The lowest BCUT2D eigenvalue weighted by Crippen LogP contribution is -2.19. The number of amides is 1. The first-order chi connectivity index (χ1) is 10.6. The van der Waals surface area contributed by atoms with Crippen molar-refractivity contribution >= 4 is 11.6 Å². The molecule has 1 amide bonds. The van der Waals surface area contributed by atoms with Crippen molar-refractivity contribution in [1.82, 2.24) is 5.43 Å². The Kier molecular flexibility index (Phi) is 5.31. The lowest BCUT2D eigenvalue weighted by atomic mass is 10.1. The molecule has 0 radical (unpaired) electrons. The summed E-state index contributed by atoms with van der Waals surface area (Å²) in [6, 6.07) is 15.0. The summed E-state index contributed by atoms with van der Waals surface area (Å²) in [5, 5.41) is 4.25. The molecule has 0 fully saturated rings. The number of methoxy groups -OCH3 is 1. The van der Waals surface area contributed by atoms with E-state index in [0.29, 0.717) is 11.3 Å². The Bertz CT molecular complexity index is 658. The van der Waals surface area contributed by atoms with Gasteiger partial charge in [0.25, 0.3) is 5.91 Å². The molecule has 0 heterocycles. The lowest BCUT2D eigenvalue weighted by Gasteiger charge is -2.06. The summed E-state index contributed by atoms with van der Waals surface area (Å²) in [6.07, 6.45) is 0.742. The first-order valence-corrected chi connectivity index (χ1v) is 7.22. The van der Waals surface area contributed by atoms with Crippen LogP contribution in [-0.2, 0) is 0 Å². The molecule has 0 unspecified atom stereocenters. The Morgan fingerprint density at radius 3 is 2.18 bits per heavy atom. The van der Waals surface area contributed by atoms with Crippen LogP contribution < -0.4 is 10.2 Å². The largest absolute Gasteiger partial charge is 0.497 e. The summed E-state index contributed by atoms with van der Waals surface area (Å²) < 4.78 is 5.07. The van der Waals surface area contributed by atoms with E-state index in [1.54, 1.807) is 31.4 Å². The normalized spacial score (nSPS) is 11.1. The molecule has 0 aromatic heterocycles. The fraction of sp³-hybridized carbons (Fsp3) is 0.222. The third-order valence-electron chi connectivity index (χ3n) is 3.36. The number of ether oxygens (including phenoxy) is 1. The summed E-state index contributed by atoms with van der Waals surface area (Å²) in [6.45, 7) is 4.05. The third-order valence-corrected chi connectivity index (χ3v) is 3.36. The average molecular weight is 296 g/mol. The number of carbonyl (C=O) groups is 1. The standard InChI is InChI=1S/C18H20N2O2/c1-4-17(14-7-5-13(2)6-8-14)19-20-18(21)15-9-11-16(22-3)12-10-15/h5-12H,4H2,1-3H3,(H,20,21)/b19-17-. The minimum Gasteiger partial charge on any atom is -0.497 e. The molecule has 1 N–H and O–H groups in total. The van der Waals surface area contributed by atoms with E-state index in [1.807, 2.05) is 38.1 Å². The molecule has 2 aromatic carbocycles. The van der Waals surface area contributed by atoms with E-state index in [-0.39, 0.29) is 5.91 Å². The van der Waals surface area contributed by atoms with Gasteiger partial charge < -0.3 is 4.74 Å². The van der Waals surface area contributed by atoms with Crippen molar-refractivity contribution in [2.75, 3.05) is 7.11 Å². The molecule has 0 saturated heterocycles. The zero-order valence-corrected chi connectivity index (χ0v) is 13.1. The highest BCUT2D eigenvalue weighted by Gasteiger charge is 2.06. The number of aryl methyl sites for hydroxylation is 1. The maximum atomic E-state index is 12.1. The average Bonchev–Trinajstić information content (AvgIpc) is 2.56. The van der Waals surface area contributed by atoms with Gasteiger partial charge in [0.2, 0.25) is 0 Å². The van der Waals surface area contributed by atoms with Gasteiger partial charge in [-0.05, 0) is 43.2 Å². The summed E-state index contributed by atoms with van der Waals surface area (Å²) in [5.41, 5.74) is 6.22. The highest BCUT2D eigenvalue weighted by molar-refractivity contribution is 6.02. The van der Waals surface area contributed by atoms with E-state index in [9.17, 15) is 4.79 Å². The Balaban J connectivity index is 2.10. The monoisotopic (exact) mass is 296 g/mol. The van der Waals surface area contributed by atoms with Gasteiger partial charge >= 0.3 is 0 Å². The smallest absolute Gasteiger partial charge is 0.271 e. The van der Waals surface area contributed by atoms with Crippen LogP contribution in [0.3, 0.4) is 0 Å². The highest BCUT2D eigenvalue weighted by Crippen LogP contribution is 2.11. The van der Waals surface area contributed by atoms with Crippen LogP contribution in [0.1, 0.15) is 34.8 Å². The number of hydrogen-bond acceptors (Lipinski definition) is 3. The quantitative estimate of drug-likeness (QED) is 0.677. The molecular weight excluding hydrogens is 276 g/mol. The number of benzene rings is 2. The van der Waals surface area contributed by atoms with E-state index in [1.165, 1.54) is 5.56 Å². The lowest BCUT2D eigenvalue weighted by molar-refractivity contribution is 0.0955. The Morgan fingerprint density at radius 2 is 1.64 bits per heavy atom. The van der Waals surface area contributed by atoms with E-state index >= 15 is 0 Å². The summed E-state index contributed by atoms with van der Waals surface area (Å²) in [5.74, 6) is 0.481. The van der Waals surface area contributed by atoms with Crippen LogP contribution in [0.15, 0.2) is 53.6 Å². The predicted octanol–water partition coefficient (Wildman–Crippen LogP) is 3.55. The maximum Gasteiger partial charge on any atom is 0.271 e. The second kappa shape index (κ2) is 7.41. The van der Waals surface area contributed by atoms with Gasteiger partial charge in [0, 0.05) is 5.56 Å². The van der Waals surface area contributed by atoms with Crippen molar-refractivity contribution in [2.24, 2.45) is 5.10 Å². The summed E-state index contributed by atoms with van der Waals surface area (Å²) in [7, 11) is 1.59. The predicted molar refractivity (Wildman–Crippen MR) is 88.5 cm³/mol. The summed E-state index contributed by atoms with van der Waals surface area (Å²) in [4.78, 5) is 12.1. The van der Waals surface area contributed by atoms with Gasteiger partial charge in [0.1, 0.15) is 5.75 Å². The van der Waals surface area contributed by atoms with Crippen molar-refractivity contribution in [3.05, 3.63) is 65.2 Å². The highest BCUT2D eigenvalue weighted by atomic mass is 16.5. The molecular formula is C18H20N2O2. The molecule has 114 valence electrons. The molecule has 0 aliphatic carbocycles. The molecule has 0 aliphatic rings. The molecule has 4 nitrogen and oxygen atoms in total. The number of carbonyl (C=O) groups excluding carboxylic acids is 1. The SMILES string of the molecule is CC/C(=N/NC(=O)c1ccc(OC)cc1)c1ccc(C)cc1. The van der Waals surface area contributed by atoms with Crippen LogP contribution in [0.25, 0.3) is 0 Å². The Hall–Kier alpha value is -2.62. The fourth-order valence-electron chi connectivity index (χ4n) is 2.02. The zero-order chi connectivity index (χ0) is 15.9. The van der Waals surface area contributed by atoms with Crippen molar-refractivity contribution in [1.29, 1.82) is 0 Å². The van der Waals surface area contributed by atoms with Gasteiger partial charge in [0.15, 0.2) is 0 Å². The minimum atomic E-state index is -0.235. The van der Waals surface area contributed by atoms with Crippen molar-refractivity contribution < 1.29 is 9.53 Å². The first-order valence-electron chi connectivity index (χ1n) is 7.22. The number of nitrogens with zero attached hydrogens (tertiary/aromatic N) is 1. The number of rotatable bonds is 5. The fourth-order valence-corrected chi connectivity index (χ4v) is 2.02. The van der Waals surface area contributed by atoms with Crippen LogP contribution in [0.2, 0.25) is 0 Å². The Labute approximate surface area is 130 Å². The van der Waals surface area contributed by atoms with Crippen LogP contribution >= 0.6 is 0 Å². The molecule has 22 heavy (non-hydrogen) atoms. The van der Waals surface area contributed by atoms with Crippen LogP contribution in [-0.4, -0.2) is 18.7 Å². The first kappa shape index (κ1) is 15.8. The Morgan fingerprint density at radius 1 is 1.05 bits per heavy atom. The minimum absolute atomic E-state index is 0.235.